The predicted molar refractivity (Wildman–Crippen MR) is 101 cm³/mol. The number of anilines is 4. The van der Waals surface area contributed by atoms with Gasteiger partial charge in [-0.25, -0.2) is 4.98 Å². The Morgan fingerprint density at radius 2 is 1.46 bits per heavy atom. The summed E-state index contributed by atoms with van der Waals surface area (Å²) >= 11 is 0. The summed E-state index contributed by atoms with van der Waals surface area (Å²) < 4.78 is 31.2. The first-order chi connectivity index (χ1) is 13.4. The smallest absolute Gasteiger partial charge is 0.340 e. The molecule has 144 valence electrons. The molecule has 0 unspecified atom stereocenters. The molecule has 2 heterocycles. The van der Waals surface area contributed by atoms with E-state index in [1.807, 2.05) is 12.1 Å². The quantitative estimate of drug-likeness (QED) is 0.543. The number of nitrogens with one attached hydrogen (secondary N) is 2. The Labute approximate surface area is 159 Å². The molecule has 0 amide bonds. The summed E-state index contributed by atoms with van der Waals surface area (Å²) in [6.45, 7) is 0. The van der Waals surface area contributed by atoms with E-state index >= 15 is 0 Å². The number of halogens is 3. The zero-order chi connectivity index (χ0) is 20.0. The fraction of sp³-hybridized carbons (Fsp3) is 0.150. The van der Waals surface area contributed by atoms with Gasteiger partial charge in [-0.05, 0) is 54.3 Å². The molecule has 2 N–H and O–H groups in total. The SMILES string of the molecule is O=CC(F)(F)F.c1cc2cc(c1)Nc1ccnc(n1)Nc1cccc(c1)CC2. The van der Waals surface area contributed by atoms with Crippen molar-refractivity contribution < 1.29 is 18.0 Å². The van der Waals surface area contributed by atoms with Gasteiger partial charge in [-0.3, -0.25) is 4.79 Å². The van der Waals surface area contributed by atoms with Crippen LogP contribution in [0.2, 0.25) is 0 Å². The molecule has 0 atom stereocenters. The van der Waals surface area contributed by atoms with Crippen LogP contribution in [0.3, 0.4) is 0 Å². The summed E-state index contributed by atoms with van der Waals surface area (Å²) in [5.74, 6) is 1.38. The molecule has 6 bridgehead atoms. The molecule has 4 rings (SSSR count). The highest BCUT2D eigenvalue weighted by Gasteiger charge is 2.24. The summed E-state index contributed by atoms with van der Waals surface area (Å²) in [6, 6.07) is 18.8. The number of fused-ring (bicyclic) bond motifs is 6. The number of hydrogen-bond acceptors (Lipinski definition) is 5. The van der Waals surface area contributed by atoms with E-state index in [4.69, 9.17) is 4.79 Å². The third-order valence-electron chi connectivity index (χ3n) is 3.87. The van der Waals surface area contributed by atoms with E-state index in [0.29, 0.717) is 5.95 Å². The van der Waals surface area contributed by atoms with Crippen molar-refractivity contribution in [1.82, 2.24) is 9.97 Å². The van der Waals surface area contributed by atoms with Crippen LogP contribution in [-0.4, -0.2) is 22.4 Å². The van der Waals surface area contributed by atoms with E-state index in [9.17, 15) is 13.2 Å². The van der Waals surface area contributed by atoms with E-state index in [2.05, 4.69) is 63.1 Å². The summed E-state index contributed by atoms with van der Waals surface area (Å²) in [5.41, 5.74) is 4.68. The van der Waals surface area contributed by atoms with Crippen molar-refractivity contribution in [2.45, 2.75) is 19.0 Å². The molecule has 1 aliphatic heterocycles. The molecule has 0 aliphatic carbocycles. The van der Waals surface area contributed by atoms with Gasteiger partial charge in [-0.1, -0.05) is 24.3 Å². The molecule has 0 saturated carbocycles. The van der Waals surface area contributed by atoms with Crippen LogP contribution in [0, 0.1) is 0 Å². The van der Waals surface area contributed by atoms with E-state index < -0.39 is 12.5 Å². The van der Waals surface area contributed by atoms with Crippen LogP contribution in [-0.2, 0) is 17.6 Å². The number of benzene rings is 2. The molecule has 0 fully saturated rings. The Kier molecular flexibility index (Phi) is 5.88. The number of aldehydes is 1. The maximum Gasteiger partial charge on any atom is 0.446 e. The summed E-state index contributed by atoms with van der Waals surface area (Å²) in [7, 11) is 0. The second-order valence-electron chi connectivity index (χ2n) is 6.08. The van der Waals surface area contributed by atoms with Crippen molar-refractivity contribution in [3.63, 3.8) is 0 Å². The van der Waals surface area contributed by atoms with Crippen molar-refractivity contribution in [1.29, 1.82) is 0 Å². The first kappa shape index (κ1) is 19.3. The number of carbonyl (C=O) groups is 1. The molecule has 3 aromatic rings. The lowest BCUT2D eigenvalue weighted by Crippen LogP contribution is -2.07. The summed E-state index contributed by atoms with van der Waals surface area (Å²) in [5, 5.41) is 6.61. The van der Waals surface area contributed by atoms with Crippen LogP contribution >= 0.6 is 0 Å². The van der Waals surface area contributed by atoms with Gasteiger partial charge in [0.1, 0.15) is 5.82 Å². The maximum atomic E-state index is 10.4. The van der Waals surface area contributed by atoms with E-state index in [0.717, 1.165) is 30.0 Å². The van der Waals surface area contributed by atoms with E-state index in [1.165, 1.54) is 11.1 Å². The fourth-order valence-electron chi connectivity index (χ4n) is 2.66. The predicted octanol–water partition coefficient (Wildman–Crippen LogP) is 4.81. The molecule has 0 radical (unpaired) electrons. The van der Waals surface area contributed by atoms with Crippen molar-refractivity contribution in [3.8, 4) is 0 Å². The lowest BCUT2D eigenvalue weighted by molar-refractivity contribution is -0.156. The number of nitrogens with zero attached hydrogens (tertiary/aromatic N) is 2. The Hall–Kier alpha value is -3.42. The second-order valence-corrected chi connectivity index (χ2v) is 6.08. The topological polar surface area (TPSA) is 66.9 Å². The molecule has 1 aromatic heterocycles. The summed E-state index contributed by atoms with van der Waals surface area (Å²) in [6.07, 6.45) is -1.92. The maximum absolute atomic E-state index is 10.4. The monoisotopic (exact) mass is 386 g/mol. The molecule has 1 aliphatic rings. The van der Waals surface area contributed by atoms with Crippen molar-refractivity contribution in [3.05, 3.63) is 71.9 Å². The molecule has 5 nitrogen and oxygen atoms in total. The number of rotatable bonds is 0. The van der Waals surface area contributed by atoms with Crippen LogP contribution in [0.1, 0.15) is 11.1 Å². The molecule has 8 heteroatoms. The Balaban J connectivity index is 0.000000330. The summed E-state index contributed by atoms with van der Waals surface area (Å²) in [4.78, 5) is 17.5. The lowest BCUT2D eigenvalue weighted by atomic mass is 10.0. The van der Waals surface area contributed by atoms with Crippen molar-refractivity contribution in [2.75, 3.05) is 10.6 Å². The number of aryl methyl sites for hydroxylation is 2. The van der Waals surface area contributed by atoms with Gasteiger partial charge < -0.3 is 10.6 Å². The Morgan fingerprint density at radius 3 is 2.04 bits per heavy atom. The van der Waals surface area contributed by atoms with Gasteiger partial charge in [0, 0.05) is 17.6 Å². The lowest BCUT2D eigenvalue weighted by Gasteiger charge is -2.08. The van der Waals surface area contributed by atoms with E-state index in [-0.39, 0.29) is 0 Å². The molecule has 2 aromatic carbocycles. The Bertz CT molecular complexity index is 895. The highest BCUT2D eigenvalue weighted by Crippen LogP contribution is 2.21. The van der Waals surface area contributed by atoms with Crippen molar-refractivity contribution in [2.24, 2.45) is 0 Å². The number of hydrogen-bond donors (Lipinski definition) is 2. The Morgan fingerprint density at radius 1 is 0.893 bits per heavy atom. The van der Waals surface area contributed by atoms with Crippen LogP contribution in [0.5, 0.6) is 0 Å². The van der Waals surface area contributed by atoms with Crippen LogP contribution in [0.25, 0.3) is 0 Å². The molecule has 0 saturated heterocycles. The van der Waals surface area contributed by atoms with Crippen LogP contribution in [0.15, 0.2) is 60.8 Å². The van der Waals surface area contributed by atoms with E-state index in [1.54, 1.807) is 6.20 Å². The van der Waals surface area contributed by atoms with Gasteiger partial charge in [0.2, 0.25) is 12.2 Å². The minimum absolute atomic E-state index is 0.595. The molecular formula is C20H17F3N4O. The average molecular weight is 386 g/mol. The number of alkyl halides is 3. The normalized spacial score (nSPS) is 12.5. The zero-order valence-electron chi connectivity index (χ0n) is 14.7. The largest absolute Gasteiger partial charge is 0.446 e. The molecular weight excluding hydrogens is 369 g/mol. The number of carbonyl (C=O) groups excluding carboxylic acids is 1. The van der Waals surface area contributed by atoms with Crippen molar-refractivity contribution >= 4 is 29.4 Å². The standard InChI is InChI=1S/C18H16N4.C2HF3O/c1-3-13-7-8-14-4-2-6-16(12-14)21-18-19-10-9-17(22-18)20-15(5-1)11-13;3-2(4,5)1-6/h1-6,9-12H,7-8H2,(H2,19,20,21,22);1H. The number of aromatic nitrogens is 2. The zero-order valence-corrected chi connectivity index (χ0v) is 14.7. The molecule has 0 spiro atoms. The van der Waals surface area contributed by atoms with Gasteiger partial charge in [0.25, 0.3) is 0 Å². The minimum Gasteiger partial charge on any atom is -0.340 e. The van der Waals surface area contributed by atoms with Gasteiger partial charge in [0.15, 0.2) is 0 Å². The third kappa shape index (κ3) is 5.80. The fourth-order valence-corrected chi connectivity index (χ4v) is 2.66. The van der Waals surface area contributed by atoms with Crippen LogP contribution < -0.4 is 10.6 Å². The van der Waals surface area contributed by atoms with Crippen LogP contribution in [0.4, 0.5) is 36.3 Å². The van der Waals surface area contributed by atoms with Gasteiger partial charge >= 0.3 is 6.18 Å². The van der Waals surface area contributed by atoms with Gasteiger partial charge in [0.05, 0.1) is 0 Å². The average Bonchev–Trinajstić information content (AvgIpc) is 2.67. The first-order valence-corrected chi connectivity index (χ1v) is 8.49. The minimum atomic E-state index is -4.64. The van der Waals surface area contributed by atoms with Gasteiger partial charge in [-0.15, -0.1) is 0 Å². The highest BCUT2D eigenvalue weighted by molar-refractivity contribution is 5.60. The van der Waals surface area contributed by atoms with Gasteiger partial charge in [-0.2, -0.15) is 18.2 Å². The highest BCUT2D eigenvalue weighted by atomic mass is 19.4. The molecule has 28 heavy (non-hydrogen) atoms. The third-order valence-corrected chi connectivity index (χ3v) is 3.87. The first-order valence-electron chi connectivity index (χ1n) is 8.49. The second kappa shape index (κ2) is 8.51.